The summed E-state index contributed by atoms with van der Waals surface area (Å²) in [6.07, 6.45) is 1.21. The van der Waals surface area contributed by atoms with E-state index in [9.17, 15) is 0 Å². The summed E-state index contributed by atoms with van der Waals surface area (Å²) < 4.78 is 11.1. The third-order valence-corrected chi connectivity index (χ3v) is 6.82. The number of ether oxygens (including phenoxy) is 2. The second-order valence-electron chi connectivity index (χ2n) is 7.46. The standard InChI is InChI=1S/C21H34N4O2S.HI/c1-4-22-20(24(2)15-18-7-5-6-8-19(18)26-3)23-16-21(9-14-28-17-21)25-10-12-27-13-11-25;/h5-8H,4,9-17H2,1-3H3,(H,22,23);1H. The normalized spacial score (nSPS) is 22.8. The van der Waals surface area contributed by atoms with Gasteiger partial charge in [0.1, 0.15) is 5.75 Å². The molecule has 1 N–H and O–H groups in total. The fourth-order valence-corrected chi connectivity index (χ4v) is 5.43. The van der Waals surface area contributed by atoms with Gasteiger partial charge in [-0.2, -0.15) is 11.8 Å². The molecule has 8 heteroatoms. The van der Waals surface area contributed by atoms with Gasteiger partial charge in [-0.05, 0) is 25.2 Å². The van der Waals surface area contributed by atoms with Gasteiger partial charge in [-0.3, -0.25) is 9.89 Å². The molecule has 1 unspecified atom stereocenters. The number of aliphatic imine (C=N–C) groups is 1. The average molecular weight is 535 g/mol. The van der Waals surface area contributed by atoms with Crippen LogP contribution in [0, 0.1) is 0 Å². The van der Waals surface area contributed by atoms with E-state index in [-0.39, 0.29) is 29.5 Å². The van der Waals surface area contributed by atoms with Gasteiger partial charge in [-0.25, -0.2) is 0 Å². The molecule has 0 aromatic heterocycles. The molecule has 0 aliphatic carbocycles. The molecule has 1 aromatic rings. The lowest BCUT2D eigenvalue weighted by Crippen LogP contribution is -2.56. The number of rotatable bonds is 7. The smallest absolute Gasteiger partial charge is 0.194 e. The van der Waals surface area contributed by atoms with E-state index in [0.29, 0.717) is 0 Å². The van der Waals surface area contributed by atoms with Crippen LogP contribution in [0.25, 0.3) is 0 Å². The molecule has 0 bridgehead atoms. The number of hydrogen-bond acceptors (Lipinski definition) is 5. The molecule has 6 nitrogen and oxygen atoms in total. The zero-order valence-corrected chi connectivity index (χ0v) is 21.0. The number of guanidine groups is 1. The van der Waals surface area contributed by atoms with Crippen LogP contribution in [-0.2, 0) is 11.3 Å². The topological polar surface area (TPSA) is 49.3 Å². The summed E-state index contributed by atoms with van der Waals surface area (Å²) in [5.74, 6) is 4.26. The minimum atomic E-state index is 0. The van der Waals surface area contributed by atoms with Gasteiger partial charge in [0.15, 0.2) is 5.96 Å². The van der Waals surface area contributed by atoms with Crippen LogP contribution in [0.1, 0.15) is 18.9 Å². The second kappa shape index (κ2) is 12.2. The van der Waals surface area contributed by atoms with Crippen LogP contribution in [0.2, 0.25) is 0 Å². The van der Waals surface area contributed by atoms with Crippen LogP contribution < -0.4 is 10.1 Å². The molecule has 0 radical (unpaired) electrons. The van der Waals surface area contributed by atoms with Crippen molar-refractivity contribution in [3.05, 3.63) is 29.8 Å². The van der Waals surface area contributed by atoms with Gasteiger partial charge in [0, 0.05) is 44.5 Å². The number of para-hydroxylation sites is 1. The van der Waals surface area contributed by atoms with Crippen LogP contribution in [0.5, 0.6) is 5.75 Å². The zero-order valence-electron chi connectivity index (χ0n) is 17.9. The maximum absolute atomic E-state index is 5.58. The van der Waals surface area contributed by atoms with Gasteiger partial charge in [-0.15, -0.1) is 24.0 Å². The minimum Gasteiger partial charge on any atom is -0.496 e. The number of methoxy groups -OCH3 is 1. The van der Waals surface area contributed by atoms with E-state index in [1.165, 1.54) is 12.2 Å². The van der Waals surface area contributed by atoms with Crippen LogP contribution in [-0.4, -0.2) is 86.4 Å². The first kappa shape index (κ1) is 24.6. The fraction of sp³-hybridized carbons (Fsp3) is 0.667. The summed E-state index contributed by atoms with van der Waals surface area (Å²) in [6, 6.07) is 8.18. The first-order chi connectivity index (χ1) is 13.7. The molecule has 164 valence electrons. The summed E-state index contributed by atoms with van der Waals surface area (Å²) in [4.78, 5) is 9.90. The first-order valence-corrected chi connectivity index (χ1v) is 11.4. The largest absolute Gasteiger partial charge is 0.496 e. The van der Waals surface area contributed by atoms with E-state index in [0.717, 1.165) is 69.0 Å². The van der Waals surface area contributed by atoms with E-state index >= 15 is 0 Å². The zero-order chi connectivity index (χ0) is 19.8. The molecule has 2 saturated heterocycles. The lowest BCUT2D eigenvalue weighted by Gasteiger charge is -2.42. The van der Waals surface area contributed by atoms with Crippen LogP contribution in [0.3, 0.4) is 0 Å². The second-order valence-corrected chi connectivity index (χ2v) is 8.57. The SMILES string of the molecule is CCNC(=NCC1(N2CCOCC2)CCSC1)N(C)Cc1ccccc1OC.I. The summed E-state index contributed by atoms with van der Waals surface area (Å²) in [5.41, 5.74) is 1.33. The molecule has 29 heavy (non-hydrogen) atoms. The highest BCUT2D eigenvalue weighted by Gasteiger charge is 2.40. The highest BCUT2D eigenvalue weighted by molar-refractivity contribution is 14.0. The predicted octanol–water partition coefficient (Wildman–Crippen LogP) is 2.92. The number of thioether (sulfide) groups is 1. The van der Waals surface area contributed by atoms with Crippen molar-refractivity contribution in [2.24, 2.45) is 4.99 Å². The lowest BCUT2D eigenvalue weighted by atomic mass is 9.96. The Morgan fingerprint density at radius 1 is 1.34 bits per heavy atom. The third kappa shape index (κ3) is 6.38. The predicted molar refractivity (Wildman–Crippen MR) is 133 cm³/mol. The number of benzene rings is 1. The Hall–Kier alpha value is -0.710. The van der Waals surface area contributed by atoms with Crippen LogP contribution >= 0.6 is 35.7 Å². The van der Waals surface area contributed by atoms with E-state index in [1.807, 2.05) is 12.1 Å². The fourth-order valence-electron chi connectivity index (χ4n) is 3.96. The maximum atomic E-state index is 5.58. The Labute approximate surface area is 196 Å². The van der Waals surface area contributed by atoms with E-state index in [2.05, 4.69) is 53.0 Å². The van der Waals surface area contributed by atoms with Crippen molar-refractivity contribution < 1.29 is 9.47 Å². The Kier molecular flexibility index (Phi) is 10.3. The van der Waals surface area contributed by atoms with Gasteiger partial charge < -0.3 is 19.7 Å². The number of nitrogens with zero attached hydrogens (tertiary/aromatic N) is 3. The van der Waals surface area contributed by atoms with Crippen molar-refractivity contribution in [2.75, 3.05) is 65.1 Å². The average Bonchev–Trinajstić information content (AvgIpc) is 3.22. The quantitative estimate of drug-likeness (QED) is 0.330. The van der Waals surface area contributed by atoms with Crippen molar-refractivity contribution in [3.8, 4) is 5.75 Å². The molecule has 0 saturated carbocycles. The van der Waals surface area contributed by atoms with Crippen molar-refractivity contribution in [2.45, 2.75) is 25.4 Å². The number of hydrogen-bond donors (Lipinski definition) is 1. The molecule has 2 heterocycles. The van der Waals surface area contributed by atoms with E-state index in [4.69, 9.17) is 14.5 Å². The number of nitrogens with one attached hydrogen (secondary N) is 1. The minimum absolute atomic E-state index is 0. The molecule has 2 aliphatic rings. The van der Waals surface area contributed by atoms with E-state index in [1.54, 1.807) is 7.11 Å². The monoisotopic (exact) mass is 534 g/mol. The van der Waals surface area contributed by atoms with Gasteiger partial charge in [0.2, 0.25) is 0 Å². The first-order valence-electron chi connectivity index (χ1n) is 10.2. The summed E-state index contributed by atoms with van der Waals surface area (Å²) in [7, 11) is 3.82. The number of halogens is 1. The molecule has 1 aromatic carbocycles. The molecule has 1 atom stereocenters. The molecule has 2 fully saturated rings. The maximum Gasteiger partial charge on any atom is 0.194 e. The van der Waals surface area contributed by atoms with Crippen molar-refractivity contribution in [3.63, 3.8) is 0 Å². The van der Waals surface area contributed by atoms with Crippen molar-refractivity contribution >= 4 is 41.7 Å². The Morgan fingerprint density at radius 2 is 2.10 bits per heavy atom. The molecular formula is C21H35IN4O2S. The summed E-state index contributed by atoms with van der Waals surface area (Å²) in [5, 5.41) is 3.47. The lowest BCUT2D eigenvalue weighted by molar-refractivity contribution is -0.0105. The van der Waals surface area contributed by atoms with E-state index < -0.39 is 0 Å². The van der Waals surface area contributed by atoms with Crippen molar-refractivity contribution in [1.29, 1.82) is 0 Å². The summed E-state index contributed by atoms with van der Waals surface area (Å²) in [6.45, 7) is 8.28. The Bertz CT molecular complexity index is 649. The number of morpholine rings is 1. The van der Waals surface area contributed by atoms with Crippen LogP contribution in [0.4, 0.5) is 0 Å². The molecule has 3 rings (SSSR count). The Morgan fingerprint density at radius 3 is 2.76 bits per heavy atom. The molecule has 2 aliphatic heterocycles. The third-order valence-electron chi connectivity index (χ3n) is 5.58. The Balaban J connectivity index is 0.00000300. The van der Waals surface area contributed by atoms with Gasteiger partial charge in [0.05, 0.1) is 32.4 Å². The highest BCUT2D eigenvalue weighted by Crippen LogP contribution is 2.34. The molecule has 0 spiro atoms. The van der Waals surface area contributed by atoms with Gasteiger partial charge >= 0.3 is 0 Å². The summed E-state index contributed by atoms with van der Waals surface area (Å²) >= 11 is 2.05. The molecule has 0 amide bonds. The van der Waals surface area contributed by atoms with Crippen molar-refractivity contribution in [1.82, 2.24) is 15.1 Å². The van der Waals surface area contributed by atoms with Crippen LogP contribution in [0.15, 0.2) is 29.3 Å². The van der Waals surface area contributed by atoms with Gasteiger partial charge in [0.25, 0.3) is 0 Å². The highest BCUT2D eigenvalue weighted by atomic mass is 127. The van der Waals surface area contributed by atoms with Gasteiger partial charge in [-0.1, -0.05) is 18.2 Å². The molecular weight excluding hydrogens is 499 g/mol.